The van der Waals surface area contributed by atoms with Crippen molar-refractivity contribution in [2.45, 2.75) is 18.6 Å². The zero-order valence-corrected chi connectivity index (χ0v) is 11.5. The maximum absolute atomic E-state index is 10.4. The van der Waals surface area contributed by atoms with Crippen LogP contribution in [0.25, 0.3) is 11.0 Å². The standard InChI is InChI=1S/C13H16N2O3S/c1-18-9-4-5-10-11(7-9)15-12(14-10)8-19-6-2-3-13(16)17/h4-5,7H,2-3,6,8H2,1H3,(H,14,15)(H,16,17). The van der Waals surface area contributed by atoms with E-state index in [4.69, 9.17) is 9.84 Å². The van der Waals surface area contributed by atoms with E-state index in [0.29, 0.717) is 6.42 Å². The number of aromatic amines is 1. The summed E-state index contributed by atoms with van der Waals surface area (Å²) in [6, 6.07) is 5.72. The number of nitrogens with one attached hydrogen (secondary N) is 1. The van der Waals surface area contributed by atoms with Crippen molar-refractivity contribution < 1.29 is 14.6 Å². The van der Waals surface area contributed by atoms with Crippen LogP contribution in [0.1, 0.15) is 18.7 Å². The number of H-pyrrole nitrogens is 1. The number of carbonyl (C=O) groups is 1. The summed E-state index contributed by atoms with van der Waals surface area (Å²) in [6.07, 6.45) is 0.915. The van der Waals surface area contributed by atoms with Crippen molar-refractivity contribution in [1.82, 2.24) is 9.97 Å². The average Bonchev–Trinajstić information content (AvgIpc) is 2.79. The largest absolute Gasteiger partial charge is 0.497 e. The number of aliphatic carboxylic acids is 1. The quantitative estimate of drug-likeness (QED) is 0.763. The smallest absolute Gasteiger partial charge is 0.303 e. The molecule has 1 aromatic carbocycles. The Bertz CT molecular complexity index is 568. The van der Waals surface area contributed by atoms with E-state index in [9.17, 15) is 4.79 Å². The van der Waals surface area contributed by atoms with Gasteiger partial charge in [0.25, 0.3) is 0 Å². The van der Waals surface area contributed by atoms with Crippen molar-refractivity contribution in [1.29, 1.82) is 0 Å². The molecule has 0 saturated heterocycles. The van der Waals surface area contributed by atoms with Crippen molar-refractivity contribution >= 4 is 28.8 Å². The molecule has 0 unspecified atom stereocenters. The van der Waals surface area contributed by atoms with Crippen molar-refractivity contribution in [3.8, 4) is 5.75 Å². The van der Waals surface area contributed by atoms with Crippen LogP contribution < -0.4 is 4.74 Å². The molecule has 6 heteroatoms. The molecule has 0 amide bonds. The summed E-state index contributed by atoms with van der Waals surface area (Å²) in [5, 5.41) is 8.53. The third-order valence-electron chi connectivity index (χ3n) is 2.66. The second kappa shape index (κ2) is 6.47. The number of carboxylic acids is 1. The number of nitrogens with zero attached hydrogens (tertiary/aromatic N) is 1. The molecule has 2 N–H and O–H groups in total. The first-order valence-corrected chi connectivity index (χ1v) is 7.16. The minimum atomic E-state index is -0.739. The van der Waals surface area contributed by atoms with Gasteiger partial charge in [-0.15, -0.1) is 0 Å². The highest BCUT2D eigenvalue weighted by atomic mass is 32.2. The highest BCUT2D eigenvalue weighted by Crippen LogP contribution is 2.20. The molecule has 19 heavy (non-hydrogen) atoms. The van der Waals surface area contributed by atoms with Gasteiger partial charge in [-0.3, -0.25) is 4.79 Å². The molecular formula is C13H16N2O3S. The first kappa shape index (κ1) is 13.7. The fourth-order valence-electron chi connectivity index (χ4n) is 1.73. The van der Waals surface area contributed by atoms with E-state index >= 15 is 0 Å². The third kappa shape index (κ3) is 3.89. The van der Waals surface area contributed by atoms with Gasteiger partial charge in [0.05, 0.1) is 23.9 Å². The zero-order chi connectivity index (χ0) is 13.7. The molecule has 0 spiro atoms. The topological polar surface area (TPSA) is 75.2 Å². The minimum Gasteiger partial charge on any atom is -0.497 e. The highest BCUT2D eigenvalue weighted by Gasteiger charge is 2.04. The van der Waals surface area contributed by atoms with Gasteiger partial charge in [-0.2, -0.15) is 11.8 Å². The summed E-state index contributed by atoms with van der Waals surface area (Å²) >= 11 is 1.69. The summed E-state index contributed by atoms with van der Waals surface area (Å²) in [5.74, 6) is 2.56. The van der Waals surface area contributed by atoms with Gasteiger partial charge in [0.1, 0.15) is 11.6 Å². The number of imidazole rings is 1. The molecule has 5 nitrogen and oxygen atoms in total. The first-order valence-electron chi connectivity index (χ1n) is 6.01. The van der Waals surface area contributed by atoms with Gasteiger partial charge in [0, 0.05) is 12.5 Å². The maximum Gasteiger partial charge on any atom is 0.303 e. The van der Waals surface area contributed by atoms with Crippen LogP contribution in [0.2, 0.25) is 0 Å². The van der Waals surface area contributed by atoms with E-state index in [1.54, 1.807) is 18.9 Å². The lowest BCUT2D eigenvalue weighted by molar-refractivity contribution is -0.137. The van der Waals surface area contributed by atoms with Crippen molar-refractivity contribution in [3.63, 3.8) is 0 Å². The van der Waals surface area contributed by atoms with E-state index in [0.717, 1.165) is 34.1 Å². The number of hydrogen-bond acceptors (Lipinski definition) is 4. The number of thioether (sulfide) groups is 1. The summed E-state index contributed by atoms with van der Waals surface area (Å²) in [5.41, 5.74) is 1.88. The lowest BCUT2D eigenvalue weighted by atomic mass is 10.3. The maximum atomic E-state index is 10.4. The number of carboxylic acid groups (broad SMARTS) is 1. The van der Waals surface area contributed by atoms with Crippen LogP contribution in [0, 0.1) is 0 Å². The van der Waals surface area contributed by atoms with Gasteiger partial charge in [-0.1, -0.05) is 0 Å². The van der Waals surface area contributed by atoms with Crippen molar-refractivity contribution in [2.75, 3.05) is 12.9 Å². The molecule has 2 aromatic rings. The molecule has 1 aromatic heterocycles. The van der Waals surface area contributed by atoms with Crippen LogP contribution >= 0.6 is 11.8 Å². The number of benzene rings is 1. The number of ether oxygens (including phenoxy) is 1. The molecule has 0 bridgehead atoms. The Balaban J connectivity index is 1.89. The molecule has 0 aliphatic rings. The monoisotopic (exact) mass is 280 g/mol. The van der Waals surface area contributed by atoms with Crippen LogP contribution in [0.3, 0.4) is 0 Å². The Morgan fingerprint density at radius 3 is 3.11 bits per heavy atom. The number of rotatable bonds is 7. The second-order valence-electron chi connectivity index (χ2n) is 4.12. The van der Waals surface area contributed by atoms with E-state index in [1.807, 2.05) is 18.2 Å². The lowest BCUT2D eigenvalue weighted by Crippen LogP contribution is -1.95. The molecule has 1 heterocycles. The summed E-state index contributed by atoms with van der Waals surface area (Å²) in [7, 11) is 1.64. The van der Waals surface area contributed by atoms with E-state index in [1.165, 1.54) is 0 Å². The highest BCUT2D eigenvalue weighted by molar-refractivity contribution is 7.98. The summed E-state index contributed by atoms with van der Waals surface area (Å²) in [4.78, 5) is 18.1. The fourth-order valence-corrected chi connectivity index (χ4v) is 2.55. The van der Waals surface area contributed by atoms with Gasteiger partial charge in [0.2, 0.25) is 0 Å². The van der Waals surface area contributed by atoms with Gasteiger partial charge in [0.15, 0.2) is 0 Å². The van der Waals surface area contributed by atoms with Crippen LogP contribution in [-0.2, 0) is 10.5 Å². The average molecular weight is 280 g/mol. The Kier molecular flexibility index (Phi) is 4.68. The van der Waals surface area contributed by atoms with Gasteiger partial charge >= 0.3 is 5.97 Å². The van der Waals surface area contributed by atoms with Crippen molar-refractivity contribution in [3.05, 3.63) is 24.0 Å². The van der Waals surface area contributed by atoms with E-state index in [2.05, 4.69) is 9.97 Å². The van der Waals surface area contributed by atoms with Crippen LogP contribution in [-0.4, -0.2) is 33.9 Å². The number of hydrogen-bond donors (Lipinski definition) is 2. The van der Waals surface area contributed by atoms with Gasteiger partial charge in [-0.05, 0) is 24.3 Å². The molecule has 0 fully saturated rings. The normalized spacial score (nSPS) is 10.8. The predicted octanol–water partition coefficient (Wildman–Crippen LogP) is 2.67. The number of fused-ring (bicyclic) bond motifs is 1. The second-order valence-corrected chi connectivity index (χ2v) is 5.22. The zero-order valence-electron chi connectivity index (χ0n) is 10.7. The molecule has 102 valence electrons. The Hall–Kier alpha value is -1.69. The lowest BCUT2D eigenvalue weighted by Gasteiger charge is -1.97. The Morgan fingerprint density at radius 1 is 1.53 bits per heavy atom. The third-order valence-corrected chi connectivity index (χ3v) is 3.71. The van der Waals surface area contributed by atoms with Crippen LogP contribution in [0.4, 0.5) is 0 Å². The molecular weight excluding hydrogens is 264 g/mol. The number of methoxy groups -OCH3 is 1. The van der Waals surface area contributed by atoms with Crippen LogP contribution in [0.15, 0.2) is 18.2 Å². The molecule has 0 saturated carbocycles. The van der Waals surface area contributed by atoms with Crippen LogP contribution in [0.5, 0.6) is 5.75 Å². The molecule has 2 rings (SSSR count). The first-order chi connectivity index (χ1) is 9.19. The van der Waals surface area contributed by atoms with Gasteiger partial charge in [-0.25, -0.2) is 4.98 Å². The molecule has 0 aliphatic carbocycles. The Labute approximate surface area is 115 Å². The predicted molar refractivity (Wildman–Crippen MR) is 75.7 cm³/mol. The number of aromatic nitrogens is 2. The SMILES string of the molecule is COc1ccc2nc(CSCCCC(=O)O)[nH]c2c1. The fraction of sp³-hybridized carbons (Fsp3) is 0.385. The van der Waals surface area contributed by atoms with E-state index in [-0.39, 0.29) is 6.42 Å². The molecule has 0 aliphatic heterocycles. The molecule has 0 radical (unpaired) electrons. The minimum absolute atomic E-state index is 0.227. The summed E-state index contributed by atoms with van der Waals surface area (Å²) in [6.45, 7) is 0. The van der Waals surface area contributed by atoms with Gasteiger partial charge < -0.3 is 14.8 Å². The molecule has 0 atom stereocenters. The summed E-state index contributed by atoms with van der Waals surface area (Å²) < 4.78 is 5.16. The van der Waals surface area contributed by atoms with Crippen molar-refractivity contribution in [2.24, 2.45) is 0 Å². The van der Waals surface area contributed by atoms with E-state index < -0.39 is 5.97 Å². The Morgan fingerprint density at radius 2 is 2.37 bits per heavy atom.